The van der Waals surface area contributed by atoms with E-state index in [2.05, 4.69) is 4.72 Å². The minimum absolute atomic E-state index is 0.0718. The van der Waals surface area contributed by atoms with Gasteiger partial charge in [0.25, 0.3) is 0 Å². The monoisotopic (exact) mass is 302 g/mol. The van der Waals surface area contributed by atoms with Gasteiger partial charge in [0, 0.05) is 19.8 Å². The highest BCUT2D eigenvalue weighted by molar-refractivity contribution is 7.89. The zero-order valence-electron chi connectivity index (χ0n) is 11.1. The average molecular weight is 302 g/mol. The fourth-order valence-corrected chi connectivity index (χ4v) is 2.76. The van der Waals surface area contributed by atoms with E-state index < -0.39 is 15.8 Å². The molecule has 0 unspecified atom stereocenters. The van der Waals surface area contributed by atoms with Crippen LogP contribution in [-0.2, 0) is 14.8 Å². The highest BCUT2D eigenvalue weighted by Gasteiger charge is 2.21. The maximum atomic E-state index is 13.2. The third-order valence-corrected chi connectivity index (χ3v) is 4.55. The van der Waals surface area contributed by atoms with Gasteiger partial charge in [0.2, 0.25) is 10.0 Å². The van der Waals surface area contributed by atoms with Gasteiger partial charge in [0.15, 0.2) is 0 Å². The summed E-state index contributed by atoms with van der Waals surface area (Å²) >= 11 is 0. The summed E-state index contributed by atoms with van der Waals surface area (Å²) in [5, 5.41) is 0. The standard InChI is InChI=1S/C13H19FN2O3S/c14-12-8-11(4-5-13(12)15)20(17,18)16-6-1-7-19-9-10-2-3-10/h4-5,8,10,16H,1-3,6-7,9,15H2. The Morgan fingerprint density at radius 3 is 2.80 bits per heavy atom. The number of benzene rings is 1. The fraction of sp³-hybridized carbons (Fsp3) is 0.538. The van der Waals surface area contributed by atoms with Crippen LogP contribution in [0.1, 0.15) is 19.3 Å². The molecule has 0 aliphatic heterocycles. The van der Waals surface area contributed by atoms with Crippen LogP contribution in [0.2, 0.25) is 0 Å². The molecular weight excluding hydrogens is 283 g/mol. The molecule has 1 aliphatic rings. The van der Waals surface area contributed by atoms with Crippen LogP contribution >= 0.6 is 0 Å². The predicted molar refractivity (Wildman–Crippen MR) is 74.2 cm³/mol. The zero-order chi connectivity index (χ0) is 14.6. The smallest absolute Gasteiger partial charge is 0.240 e. The predicted octanol–water partition coefficient (Wildman–Crippen LogP) is 1.50. The minimum Gasteiger partial charge on any atom is -0.396 e. The average Bonchev–Trinajstić information content (AvgIpc) is 3.21. The van der Waals surface area contributed by atoms with Gasteiger partial charge in [-0.15, -0.1) is 0 Å². The van der Waals surface area contributed by atoms with E-state index in [1.807, 2.05) is 0 Å². The Balaban J connectivity index is 1.76. The number of hydrogen-bond donors (Lipinski definition) is 2. The molecule has 1 saturated carbocycles. The molecule has 0 aromatic heterocycles. The van der Waals surface area contributed by atoms with Gasteiger partial charge in [-0.2, -0.15) is 0 Å². The zero-order valence-corrected chi connectivity index (χ0v) is 12.0. The van der Waals surface area contributed by atoms with Crippen molar-refractivity contribution in [1.82, 2.24) is 4.72 Å². The Bertz CT molecular complexity index is 559. The second kappa shape index (κ2) is 6.51. The quantitative estimate of drug-likeness (QED) is 0.563. The summed E-state index contributed by atoms with van der Waals surface area (Å²) in [5.41, 5.74) is 5.24. The summed E-state index contributed by atoms with van der Waals surface area (Å²) in [6, 6.07) is 3.44. The third-order valence-electron chi connectivity index (χ3n) is 3.09. The second-order valence-electron chi connectivity index (χ2n) is 4.95. The van der Waals surface area contributed by atoms with Crippen LogP contribution in [0.15, 0.2) is 23.1 Å². The minimum atomic E-state index is -3.69. The number of nitrogens with one attached hydrogen (secondary N) is 1. The summed E-state index contributed by atoms with van der Waals surface area (Å²) < 4.78 is 44.8. The van der Waals surface area contributed by atoms with Crippen molar-refractivity contribution in [1.29, 1.82) is 0 Å². The van der Waals surface area contributed by atoms with E-state index in [1.54, 1.807) is 0 Å². The van der Waals surface area contributed by atoms with Crippen molar-refractivity contribution in [3.63, 3.8) is 0 Å². The first-order chi connectivity index (χ1) is 9.49. The molecule has 0 radical (unpaired) electrons. The van der Waals surface area contributed by atoms with E-state index in [0.717, 1.165) is 12.7 Å². The van der Waals surface area contributed by atoms with Crippen molar-refractivity contribution < 1.29 is 17.5 Å². The molecule has 0 spiro atoms. The Morgan fingerprint density at radius 2 is 2.15 bits per heavy atom. The number of hydrogen-bond acceptors (Lipinski definition) is 4. The Hall–Kier alpha value is -1.18. The van der Waals surface area contributed by atoms with E-state index in [-0.39, 0.29) is 17.1 Å². The highest BCUT2D eigenvalue weighted by atomic mass is 32.2. The van der Waals surface area contributed by atoms with Gasteiger partial charge >= 0.3 is 0 Å². The summed E-state index contributed by atoms with van der Waals surface area (Å²) in [6.07, 6.45) is 3.05. The maximum Gasteiger partial charge on any atom is 0.240 e. The molecule has 0 heterocycles. The lowest BCUT2D eigenvalue weighted by Crippen LogP contribution is -2.25. The molecule has 0 amide bonds. The molecular formula is C13H19FN2O3S. The summed E-state index contributed by atoms with van der Waals surface area (Å²) in [5.74, 6) is -0.0370. The van der Waals surface area contributed by atoms with E-state index >= 15 is 0 Å². The second-order valence-corrected chi connectivity index (χ2v) is 6.72. The number of sulfonamides is 1. The van der Waals surface area contributed by atoms with Gasteiger partial charge in [0.1, 0.15) is 5.82 Å². The van der Waals surface area contributed by atoms with Crippen LogP contribution in [0.4, 0.5) is 10.1 Å². The van der Waals surface area contributed by atoms with Crippen LogP contribution in [-0.4, -0.2) is 28.2 Å². The molecule has 7 heteroatoms. The first kappa shape index (κ1) is 15.2. The Kier molecular flexibility index (Phi) is 4.95. The van der Waals surface area contributed by atoms with Crippen molar-refractivity contribution in [3.05, 3.63) is 24.0 Å². The molecule has 1 aliphatic carbocycles. The molecule has 20 heavy (non-hydrogen) atoms. The number of ether oxygens (including phenoxy) is 1. The van der Waals surface area contributed by atoms with Crippen molar-refractivity contribution >= 4 is 15.7 Å². The van der Waals surface area contributed by atoms with Crippen molar-refractivity contribution in [2.75, 3.05) is 25.5 Å². The van der Waals surface area contributed by atoms with Crippen LogP contribution < -0.4 is 10.5 Å². The first-order valence-electron chi connectivity index (χ1n) is 6.61. The molecule has 2 rings (SSSR count). The molecule has 0 saturated heterocycles. The van der Waals surface area contributed by atoms with Crippen LogP contribution in [0, 0.1) is 11.7 Å². The van der Waals surface area contributed by atoms with E-state index in [4.69, 9.17) is 10.5 Å². The lowest BCUT2D eigenvalue weighted by molar-refractivity contribution is 0.123. The molecule has 1 fully saturated rings. The largest absolute Gasteiger partial charge is 0.396 e. The summed E-state index contributed by atoms with van der Waals surface area (Å²) in [6.45, 7) is 1.55. The van der Waals surface area contributed by atoms with Crippen LogP contribution in [0.25, 0.3) is 0 Å². The number of nitrogens with two attached hydrogens (primary N) is 1. The molecule has 1 aromatic rings. The van der Waals surface area contributed by atoms with Crippen LogP contribution in [0.5, 0.6) is 0 Å². The van der Waals surface area contributed by atoms with E-state index in [9.17, 15) is 12.8 Å². The highest BCUT2D eigenvalue weighted by Crippen LogP contribution is 2.28. The maximum absolute atomic E-state index is 13.2. The first-order valence-corrected chi connectivity index (χ1v) is 8.10. The van der Waals surface area contributed by atoms with Gasteiger partial charge in [-0.25, -0.2) is 17.5 Å². The van der Waals surface area contributed by atoms with E-state index in [1.165, 1.54) is 25.0 Å². The van der Waals surface area contributed by atoms with Crippen molar-refractivity contribution in [2.45, 2.75) is 24.2 Å². The SMILES string of the molecule is Nc1ccc(S(=O)(=O)NCCCOCC2CC2)cc1F. The molecule has 0 bridgehead atoms. The number of halogens is 1. The molecule has 0 atom stereocenters. The van der Waals surface area contributed by atoms with E-state index in [0.29, 0.717) is 18.9 Å². The topological polar surface area (TPSA) is 81.4 Å². The molecule has 5 nitrogen and oxygen atoms in total. The lowest BCUT2D eigenvalue weighted by Gasteiger charge is -2.08. The number of nitrogen functional groups attached to an aromatic ring is 1. The Labute approximate surface area is 118 Å². The van der Waals surface area contributed by atoms with Crippen molar-refractivity contribution in [3.8, 4) is 0 Å². The summed E-state index contributed by atoms with van der Waals surface area (Å²) in [7, 11) is -3.69. The fourth-order valence-electron chi connectivity index (χ4n) is 1.67. The Morgan fingerprint density at radius 1 is 1.40 bits per heavy atom. The van der Waals surface area contributed by atoms with Crippen molar-refractivity contribution in [2.24, 2.45) is 5.92 Å². The third kappa shape index (κ3) is 4.43. The number of rotatable bonds is 8. The van der Waals surface area contributed by atoms with Gasteiger partial charge in [-0.1, -0.05) is 0 Å². The van der Waals surface area contributed by atoms with Gasteiger partial charge in [-0.05, 0) is 43.4 Å². The molecule has 3 N–H and O–H groups in total. The van der Waals surface area contributed by atoms with Gasteiger partial charge < -0.3 is 10.5 Å². The molecule has 1 aromatic carbocycles. The summed E-state index contributed by atoms with van der Waals surface area (Å²) in [4.78, 5) is -0.122. The normalized spacial score (nSPS) is 15.4. The van der Waals surface area contributed by atoms with Crippen LogP contribution in [0.3, 0.4) is 0 Å². The van der Waals surface area contributed by atoms with Gasteiger partial charge in [0.05, 0.1) is 10.6 Å². The lowest BCUT2D eigenvalue weighted by atomic mass is 10.3. The van der Waals surface area contributed by atoms with Gasteiger partial charge in [-0.3, -0.25) is 0 Å². The number of anilines is 1. The molecule has 112 valence electrons.